The smallest absolute Gasteiger partial charge is 0.410 e. The maximum Gasteiger partial charge on any atom is 0.410 e. The lowest BCUT2D eigenvalue weighted by Crippen LogP contribution is -2.48. The number of ether oxygens (including phenoxy) is 1. The van der Waals surface area contributed by atoms with Crippen molar-refractivity contribution in [1.29, 1.82) is 0 Å². The van der Waals surface area contributed by atoms with Crippen LogP contribution in [0.5, 0.6) is 0 Å². The average Bonchev–Trinajstić information content (AvgIpc) is 2.71. The summed E-state index contributed by atoms with van der Waals surface area (Å²) in [6.07, 6.45) is 1.98. The Balaban J connectivity index is 0.00000544. The molecule has 0 radical (unpaired) electrons. The number of carbonyl (C=O) groups is 1. The minimum absolute atomic E-state index is 0. The normalized spacial score (nSPS) is 15.7. The van der Waals surface area contributed by atoms with Gasteiger partial charge in [0.25, 0.3) is 0 Å². The fourth-order valence-electron chi connectivity index (χ4n) is 3.79. The molecule has 0 unspecified atom stereocenters. The third-order valence-corrected chi connectivity index (χ3v) is 5.38. The van der Waals surface area contributed by atoms with Crippen LogP contribution in [0, 0.1) is 5.92 Å². The number of aliphatic imine (C=N–C) groups is 1. The van der Waals surface area contributed by atoms with Crippen molar-refractivity contribution in [2.24, 2.45) is 10.9 Å². The molecule has 7 nitrogen and oxygen atoms in total. The summed E-state index contributed by atoms with van der Waals surface area (Å²) in [5.41, 5.74) is 1.75. The largest absolute Gasteiger partial charge is 0.444 e. The fraction of sp³-hybridized carbons (Fsp3) is 0.680. The Bertz CT molecular complexity index is 738. The SMILES string of the molecule is CN=C(NCc1ccc(CN(C)C(=O)OC(C)(C)C)cc1)NC1CCN(CC(C)C)CC1.I. The lowest BCUT2D eigenvalue weighted by atomic mass is 10.0. The summed E-state index contributed by atoms with van der Waals surface area (Å²) in [5.74, 6) is 1.57. The first-order valence-corrected chi connectivity index (χ1v) is 11.8. The molecule has 0 atom stereocenters. The number of hydrogen-bond acceptors (Lipinski definition) is 4. The quantitative estimate of drug-likeness (QED) is 0.287. The zero-order chi connectivity index (χ0) is 23.7. The van der Waals surface area contributed by atoms with Gasteiger partial charge in [-0.05, 0) is 50.7 Å². The molecule has 188 valence electrons. The number of rotatable bonds is 7. The Morgan fingerprint density at radius 1 is 1.18 bits per heavy atom. The van der Waals surface area contributed by atoms with E-state index in [0.29, 0.717) is 19.1 Å². The molecule has 1 aromatic rings. The number of amides is 1. The predicted molar refractivity (Wildman–Crippen MR) is 147 cm³/mol. The van der Waals surface area contributed by atoms with E-state index < -0.39 is 5.60 Å². The van der Waals surface area contributed by atoms with Crippen LogP contribution in [0.3, 0.4) is 0 Å². The third kappa shape index (κ3) is 11.4. The van der Waals surface area contributed by atoms with E-state index in [1.807, 2.05) is 27.8 Å². The topological polar surface area (TPSA) is 69.2 Å². The minimum atomic E-state index is -0.488. The van der Waals surface area contributed by atoms with Crippen molar-refractivity contribution in [2.75, 3.05) is 33.7 Å². The van der Waals surface area contributed by atoms with Gasteiger partial charge in [0.2, 0.25) is 0 Å². The Morgan fingerprint density at radius 2 is 1.76 bits per heavy atom. The Morgan fingerprint density at radius 3 is 2.27 bits per heavy atom. The van der Waals surface area contributed by atoms with Gasteiger partial charge in [-0.3, -0.25) is 4.99 Å². The molecule has 2 N–H and O–H groups in total. The molecule has 1 aliphatic heterocycles. The van der Waals surface area contributed by atoms with Crippen LogP contribution < -0.4 is 10.6 Å². The summed E-state index contributed by atoms with van der Waals surface area (Å²) in [4.78, 5) is 20.7. The number of nitrogens with zero attached hydrogens (tertiary/aromatic N) is 3. The number of guanidine groups is 1. The Hall–Kier alpha value is -1.55. The van der Waals surface area contributed by atoms with Crippen molar-refractivity contribution >= 4 is 36.0 Å². The first kappa shape index (κ1) is 29.5. The van der Waals surface area contributed by atoms with Gasteiger partial charge in [0.1, 0.15) is 5.60 Å². The van der Waals surface area contributed by atoms with Gasteiger partial charge in [0, 0.05) is 52.9 Å². The first-order chi connectivity index (χ1) is 15.1. The lowest BCUT2D eigenvalue weighted by molar-refractivity contribution is 0.0285. The highest BCUT2D eigenvalue weighted by molar-refractivity contribution is 14.0. The number of hydrogen-bond donors (Lipinski definition) is 2. The molecule has 1 amide bonds. The highest BCUT2D eigenvalue weighted by Crippen LogP contribution is 2.13. The van der Waals surface area contributed by atoms with Crippen LogP contribution in [-0.4, -0.2) is 67.2 Å². The minimum Gasteiger partial charge on any atom is -0.444 e. The number of halogens is 1. The van der Waals surface area contributed by atoms with Gasteiger partial charge in [-0.2, -0.15) is 0 Å². The third-order valence-electron chi connectivity index (χ3n) is 5.38. The van der Waals surface area contributed by atoms with Crippen LogP contribution in [0.2, 0.25) is 0 Å². The number of likely N-dealkylation sites (tertiary alicyclic amines) is 1. The molecule has 0 aliphatic carbocycles. The van der Waals surface area contributed by atoms with Gasteiger partial charge >= 0.3 is 6.09 Å². The van der Waals surface area contributed by atoms with E-state index >= 15 is 0 Å². The van der Waals surface area contributed by atoms with E-state index in [4.69, 9.17) is 4.74 Å². The standard InChI is InChI=1S/C25H43N5O2.HI/c1-19(2)17-30-14-12-22(13-15-30)28-23(26-6)27-16-20-8-10-21(11-9-20)18-29(7)24(31)32-25(3,4)5;/h8-11,19,22H,12-18H2,1-7H3,(H2,26,27,28);1H. The van der Waals surface area contributed by atoms with Crippen molar-refractivity contribution < 1.29 is 9.53 Å². The average molecular weight is 574 g/mol. The highest BCUT2D eigenvalue weighted by Gasteiger charge is 2.21. The molecule has 1 aliphatic rings. The molecule has 1 heterocycles. The molecule has 2 rings (SSSR count). The summed E-state index contributed by atoms with van der Waals surface area (Å²) in [5, 5.41) is 6.99. The molecular weight excluding hydrogens is 529 g/mol. The number of piperidine rings is 1. The number of nitrogens with one attached hydrogen (secondary N) is 2. The number of benzene rings is 1. The van der Waals surface area contributed by atoms with Crippen LogP contribution >= 0.6 is 24.0 Å². The van der Waals surface area contributed by atoms with Crippen LogP contribution in [0.15, 0.2) is 29.3 Å². The van der Waals surface area contributed by atoms with Crippen LogP contribution in [0.25, 0.3) is 0 Å². The molecule has 0 bridgehead atoms. The maximum absolute atomic E-state index is 12.1. The number of carbonyl (C=O) groups excluding carboxylic acids is 1. The molecule has 1 fully saturated rings. The van der Waals surface area contributed by atoms with Gasteiger partial charge in [0.05, 0.1) is 0 Å². The predicted octanol–water partition coefficient (Wildman–Crippen LogP) is 4.46. The van der Waals surface area contributed by atoms with E-state index in [-0.39, 0.29) is 30.1 Å². The van der Waals surface area contributed by atoms with E-state index in [1.54, 1.807) is 11.9 Å². The van der Waals surface area contributed by atoms with Crippen molar-refractivity contribution in [2.45, 2.75) is 72.2 Å². The molecule has 1 aromatic carbocycles. The molecule has 0 spiro atoms. The second-order valence-corrected chi connectivity index (χ2v) is 10.2. The first-order valence-electron chi connectivity index (χ1n) is 11.8. The van der Waals surface area contributed by atoms with Gasteiger partial charge in [-0.15, -0.1) is 24.0 Å². The van der Waals surface area contributed by atoms with Crippen molar-refractivity contribution in [3.05, 3.63) is 35.4 Å². The van der Waals surface area contributed by atoms with Gasteiger partial charge in [-0.25, -0.2) is 4.79 Å². The molecule has 1 saturated heterocycles. The molecule has 33 heavy (non-hydrogen) atoms. The zero-order valence-corrected chi connectivity index (χ0v) is 23.8. The van der Waals surface area contributed by atoms with E-state index in [9.17, 15) is 4.79 Å². The Labute approximate surface area is 217 Å². The Kier molecular flexibility index (Phi) is 12.5. The van der Waals surface area contributed by atoms with Gasteiger partial charge in [0.15, 0.2) is 5.96 Å². The maximum atomic E-state index is 12.1. The summed E-state index contributed by atoms with van der Waals surface area (Å²) in [6, 6.07) is 8.75. The van der Waals surface area contributed by atoms with Gasteiger partial charge in [-0.1, -0.05) is 38.1 Å². The van der Waals surface area contributed by atoms with Crippen molar-refractivity contribution in [3.63, 3.8) is 0 Å². The second kappa shape index (κ2) is 14.0. The van der Waals surface area contributed by atoms with Crippen LogP contribution in [-0.2, 0) is 17.8 Å². The molecule has 0 aromatic heterocycles. The zero-order valence-electron chi connectivity index (χ0n) is 21.5. The molecule has 0 saturated carbocycles. The highest BCUT2D eigenvalue weighted by atomic mass is 127. The summed E-state index contributed by atoms with van der Waals surface area (Å²) < 4.78 is 5.41. The summed E-state index contributed by atoms with van der Waals surface area (Å²) >= 11 is 0. The fourth-order valence-corrected chi connectivity index (χ4v) is 3.79. The van der Waals surface area contributed by atoms with Crippen molar-refractivity contribution in [1.82, 2.24) is 20.4 Å². The monoisotopic (exact) mass is 573 g/mol. The summed E-state index contributed by atoms with van der Waals surface area (Å²) in [7, 11) is 3.57. The van der Waals surface area contributed by atoms with Crippen LogP contribution in [0.4, 0.5) is 4.79 Å². The summed E-state index contributed by atoms with van der Waals surface area (Å²) in [6.45, 7) is 14.9. The second-order valence-electron chi connectivity index (χ2n) is 10.2. The molecular formula is C25H44IN5O2. The van der Waals surface area contributed by atoms with E-state index in [2.05, 4.69) is 58.6 Å². The van der Waals surface area contributed by atoms with Crippen molar-refractivity contribution in [3.8, 4) is 0 Å². The van der Waals surface area contributed by atoms with E-state index in [1.165, 1.54) is 12.1 Å². The lowest BCUT2D eigenvalue weighted by Gasteiger charge is -2.34. The molecule has 8 heteroatoms. The van der Waals surface area contributed by atoms with E-state index in [0.717, 1.165) is 43.4 Å². The van der Waals surface area contributed by atoms with Crippen LogP contribution in [0.1, 0.15) is 58.6 Å². The van der Waals surface area contributed by atoms with Gasteiger partial charge < -0.3 is 25.2 Å².